The molecule has 2 N–H and O–H groups in total. The van der Waals surface area contributed by atoms with Crippen LogP contribution >= 0.6 is 0 Å². The maximum absolute atomic E-state index is 3.80. The number of hydrogen-bond donors (Lipinski definition) is 2. The zero-order chi connectivity index (χ0) is 26.5. The zero-order valence-electron chi connectivity index (χ0n) is 22.0. The molecule has 2 aliphatic rings. The lowest BCUT2D eigenvalue weighted by Crippen LogP contribution is -2.43. The van der Waals surface area contributed by atoms with E-state index < -0.39 is 0 Å². The normalized spacial score (nSPS) is 16.5. The smallest absolute Gasteiger partial charge is 0.104 e. The van der Waals surface area contributed by atoms with Gasteiger partial charge in [-0.05, 0) is 53.6 Å². The Morgan fingerprint density at radius 2 is 1.27 bits per heavy atom. The van der Waals surface area contributed by atoms with Crippen LogP contribution in [0.1, 0.15) is 17.3 Å². The minimum absolute atomic E-state index is 0.0449. The number of para-hydroxylation sites is 3. The van der Waals surface area contributed by atoms with Crippen LogP contribution in [0.5, 0.6) is 0 Å². The summed E-state index contributed by atoms with van der Waals surface area (Å²) in [4.78, 5) is 2.45. The Labute approximate surface area is 233 Å². The monoisotopic (exact) mass is 516 g/mol. The lowest BCUT2D eigenvalue weighted by Gasteiger charge is -2.36. The van der Waals surface area contributed by atoms with Gasteiger partial charge in [0.25, 0.3) is 0 Å². The largest absolute Gasteiger partial charge is 0.365 e. The van der Waals surface area contributed by atoms with Crippen LogP contribution in [-0.2, 0) is 0 Å². The lowest BCUT2D eigenvalue weighted by atomic mass is 10.0. The van der Waals surface area contributed by atoms with Crippen molar-refractivity contribution in [2.45, 2.75) is 6.17 Å². The molecule has 0 amide bonds. The van der Waals surface area contributed by atoms with Crippen LogP contribution in [0.4, 0.5) is 11.4 Å². The molecule has 4 heteroatoms. The number of nitrogens with one attached hydrogen (secondary N) is 2. The van der Waals surface area contributed by atoms with Gasteiger partial charge in [-0.2, -0.15) is 0 Å². The molecule has 4 nitrogen and oxygen atoms in total. The summed E-state index contributed by atoms with van der Waals surface area (Å²) in [6.07, 6.45) is 4.56. The Morgan fingerprint density at radius 1 is 0.600 bits per heavy atom. The van der Waals surface area contributed by atoms with Gasteiger partial charge in [-0.3, -0.25) is 5.32 Å². The van der Waals surface area contributed by atoms with E-state index in [0.717, 1.165) is 23.6 Å². The second-order valence-electron chi connectivity index (χ2n) is 10.3. The number of fused-ring (bicyclic) bond motifs is 5. The predicted molar refractivity (Wildman–Crippen MR) is 166 cm³/mol. The van der Waals surface area contributed by atoms with Crippen LogP contribution in [0.2, 0.25) is 0 Å². The lowest BCUT2D eigenvalue weighted by molar-refractivity contribution is 0.470. The molecule has 192 valence electrons. The summed E-state index contributed by atoms with van der Waals surface area (Å²) in [6.45, 7) is 0.730. The van der Waals surface area contributed by atoms with E-state index in [9.17, 15) is 0 Å². The van der Waals surface area contributed by atoms with Gasteiger partial charge in [0.1, 0.15) is 6.17 Å². The van der Waals surface area contributed by atoms with E-state index in [1.54, 1.807) is 0 Å². The van der Waals surface area contributed by atoms with Crippen LogP contribution in [-0.4, -0.2) is 11.1 Å². The molecule has 6 aromatic rings. The Hall–Kier alpha value is -5.06. The molecule has 40 heavy (non-hydrogen) atoms. The van der Waals surface area contributed by atoms with E-state index in [1.807, 2.05) is 0 Å². The summed E-state index contributed by atoms with van der Waals surface area (Å²) in [7, 11) is 0. The summed E-state index contributed by atoms with van der Waals surface area (Å²) in [5, 5.41) is 10.1. The van der Waals surface area contributed by atoms with Gasteiger partial charge in [-0.1, -0.05) is 97.1 Å². The second-order valence-corrected chi connectivity index (χ2v) is 10.3. The highest BCUT2D eigenvalue weighted by Crippen LogP contribution is 2.46. The average Bonchev–Trinajstić information content (AvgIpc) is 3.27. The van der Waals surface area contributed by atoms with Crippen LogP contribution in [0.15, 0.2) is 145 Å². The van der Waals surface area contributed by atoms with Crippen molar-refractivity contribution in [1.29, 1.82) is 0 Å². The third-order valence-corrected chi connectivity index (χ3v) is 8.01. The topological polar surface area (TPSA) is 32.2 Å². The maximum atomic E-state index is 3.80. The molecule has 0 bridgehead atoms. The highest BCUT2D eigenvalue weighted by atomic mass is 15.2. The highest BCUT2D eigenvalue weighted by Gasteiger charge is 2.30. The van der Waals surface area contributed by atoms with Gasteiger partial charge < -0.3 is 14.8 Å². The number of aromatic nitrogens is 1. The van der Waals surface area contributed by atoms with Crippen molar-refractivity contribution in [2.24, 2.45) is 0 Å². The van der Waals surface area contributed by atoms with Crippen LogP contribution < -0.4 is 15.5 Å². The minimum atomic E-state index is 0.0449. The first-order chi connectivity index (χ1) is 19.9. The van der Waals surface area contributed by atoms with E-state index in [4.69, 9.17) is 0 Å². The SMILES string of the molecule is C1=Cc2ccc3c(c2N(c2ccccc2)C2=C1NC(c1ccccc1)NC2)c1ccccc1n3-c1ccccc1. The first kappa shape index (κ1) is 22.9. The number of anilines is 2. The minimum Gasteiger partial charge on any atom is -0.365 e. The van der Waals surface area contributed by atoms with Crippen molar-refractivity contribution >= 4 is 39.3 Å². The first-order valence-corrected chi connectivity index (χ1v) is 13.8. The summed E-state index contributed by atoms with van der Waals surface area (Å²) in [5.74, 6) is 0. The summed E-state index contributed by atoms with van der Waals surface area (Å²) in [5.41, 5.74) is 10.7. The summed E-state index contributed by atoms with van der Waals surface area (Å²) >= 11 is 0. The van der Waals surface area contributed by atoms with E-state index >= 15 is 0 Å². The third-order valence-electron chi connectivity index (χ3n) is 8.01. The number of allylic oxidation sites excluding steroid dienone is 1. The summed E-state index contributed by atoms with van der Waals surface area (Å²) < 4.78 is 2.39. The average molecular weight is 517 g/mol. The van der Waals surface area contributed by atoms with Gasteiger partial charge in [0, 0.05) is 28.7 Å². The molecule has 0 saturated heterocycles. The quantitative estimate of drug-likeness (QED) is 0.250. The van der Waals surface area contributed by atoms with E-state index in [1.165, 1.54) is 44.3 Å². The first-order valence-electron chi connectivity index (χ1n) is 13.8. The van der Waals surface area contributed by atoms with Gasteiger partial charge in [-0.25, -0.2) is 0 Å². The molecule has 8 rings (SSSR count). The molecule has 0 saturated carbocycles. The van der Waals surface area contributed by atoms with Crippen molar-refractivity contribution in [3.05, 3.63) is 156 Å². The number of benzene rings is 5. The van der Waals surface area contributed by atoms with E-state index in [0.29, 0.717) is 0 Å². The van der Waals surface area contributed by atoms with Crippen LogP contribution in [0.25, 0.3) is 33.6 Å². The fourth-order valence-corrected chi connectivity index (χ4v) is 6.23. The summed E-state index contributed by atoms with van der Waals surface area (Å²) in [6, 6.07) is 45.3. The molecule has 1 aromatic heterocycles. The molecule has 1 unspecified atom stereocenters. The van der Waals surface area contributed by atoms with Crippen molar-refractivity contribution in [1.82, 2.24) is 15.2 Å². The van der Waals surface area contributed by atoms with E-state index in [-0.39, 0.29) is 6.17 Å². The zero-order valence-corrected chi connectivity index (χ0v) is 22.0. The molecule has 0 fully saturated rings. The Balaban J connectivity index is 1.41. The van der Waals surface area contributed by atoms with Crippen molar-refractivity contribution in [3.63, 3.8) is 0 Å². The van der Waals surface area contributed by atoms with Crippen LogP contribution in [0.3, 0.4) is 0 Å². The van der Waals surface area contributed by atoms with E-state index in [2.05, 4.69) is 160 Å². The van der Waals surface area contributed by atoms with Gasteiger partial charge in [0.05, 0.1) is 28.1 Å². The predicted octanol–water partition coefficient (Wildman–Crippen LogP) is 8.05. The van der Waals surface area contributed by atoms with Gasteiger partial charge >= 0.3 is 0 Å². The fraction of sp³-hybridized carbons (Fsp3) is 0.0556. The molecule has 0 spiro atoms. The Morgan fingerprint density at radius 3 is 2.05 bits per heavy atom. The van der Waals surface area contributed by atoms with Crippen molar-refractivity contribution in [3.8, 4) is 5.69 Å². The Bertz CT molecular complexity index is 1920. The maximum Gasteiger partial charge on any atom is 0.104 e. The molecule has 0 radical (unpaired) electrons. The van der Waals surface area contributed by atoms with Gasteiger partial charge in [0.15, 0.2) is 0 Å². The molecular formula is C36H28N4. The Kier molecular flexibility index (Phi) is 5.32. The number of nitrogens with zero attached hydrogens (tertiary/aromatic N) is 2. The van der Waals surface area contributed by atoms with Gasteiger partial charge in [-0.15, -0.1) is 0 Å². The third kappa shape index (κ3) is 3.58. The number of hydrogen-bond acceptors (Lipinski definition) is 3. The standard InChI is InChI=1S/C36H28N4/c1-4-12-26(13-5-1)36-37-24-33-30(38-36)22-20-25-21-23-32-34(35(25)40(33)28-16-8-3-9-17-28)29-18-10-11-19-31(29)39(32)27-14-6-2-7-15-27/h1-23,36-38H,24H2. The van der Waals surface area contributed by atoms with Crippen molar-refractivity contribution < 1.29 is 0 Å². The van der Waals surface area contributed by atoms with Crippen LogP contribution in [0, 0.1) is 0 Å². The molecular weight excluding hydrogens is 488 g/mol. The number of rotatable bonds is 3. The second kappa shape index (κ2) is 9.30. The molecule has 3 heterocycles. The molecule has 5 aromatic carbocycles. The van der Waals surface area contributed by atoms with Crippen molar-refractivity contribution in [2.75, 3.05) is 11.4 Å². The highest BCUT2D eigenvalue weighted by molar-refractivity contribution is 6.17. The fourth-order valence-electron chi connectivity index (χ4n) is 6.23. The molecule has 1 atom stereocenters. The molecule has 2 aliphatic heterocycles. The molecule has 0 aliphatic carbocycles. The van der Waals surface area contributed by atoms with Gasteiger partial charge in [0.2, 0.25) is 0 Å².